The van der Waals surface area contributed by atoms with E-state index in [2.05, 4.69) is 30.3 Å². The third kappa shape index (κ3) is 4.24. The van der Waals surface area contributed by atoms with Gasteiger partial charge in [0, 0.05) is 0 Å². The number of carbonyl (C=O) groups is 1. The Morgan fingerprint density at radius 1 is 0.800 bits per heavy atom. The first-order valence-corrected chi connectivity index (χ1v) is 8.37. The van der Waals surface area contributed by atoms with Crippen LogP contribution in [0.1, 0.15) is 34.0 Å². The van der Waals surface area contributed by atoms with Gasteiger partial charge in [0.15, 0.2) is 0 Å². The van der Waals surface area contributed by atoms with E-state index in [0.717, 1.165) is 22.3 Å². The van der Waals surface area contributed by atoms with Crippen molar-refractivity contribution in [3.05, 3.63) is 107 Å². The number of ether oxygens (including phenoxy) is 1. The van der Waals surface area contributed by atoms with E-state index in [0.29, 0.717) is 12.2 Å². The van der Waals surface area contributed by atoms with Gasteiger partial charge >= 0.3 is 5.97 Å². The lowest BCUT2D eigenvalue weighted by Gasteiger charge is -2.11. The summed E-state index contributed by atoms with van der Waals surface area (Å²) in [4.78, 5) is 12.1. The van der Waals surface area contributed by atoms with Gasteiger partial charge in [-0.1, -0.05) is 72.8 Å². The van der Waals surface area contributed by atoms with E-state index in [9.17, 15) is 4.79 Å². The highest BCUT2D eigenvalue weighted by atomic mass is 16.5. The third-order valence-electron chi connectivity index (χ3n) is 3.88. The molecule has 0 spiro atoms. The molecule has 0 atom stereocenters. The van der Waals surface area contributed by atoms with Crippen LogP contribution in [0, 0.1) is 0 Å². The van der Waals surface area contributed by atoms with Crippen molar-refractivity contribution in [2.75, 3.05) is 6.61 Å². The molecule has 0 amide bonds. The molecule has 0 saturated carbocycles. The lowest BCUT2D eigenvalue weighted by molar-refractivity contribution is 0.0526. The molecule has 3 aromatic rings. The van der Waals surface area contributed by atoms with E-state index < -0.39 is 0 Å². The lowest BCUT2D eigenvalue weighted by Crippen LogP contribution is -2.05. The van der Waals surface area contributed by atoms with Gasteiger partial charge < -0.3 is 4.74 Å². The second-order valence-electron chi connectivity index (χ2n) is 5.64. The predicted octanol–water partition coefficient (Wildman–Crippen LogP) is 5.45. The molecule has 3 rings (SSSR count). The maximum Gasteiger partial charge on any atom is 0.338 e. The minimum absolute atomic E-state index is 0.295. The summed E-state index contributed by atoms with van der Waals surface area (Å²) in [5.74, 6) is -0.295. The van der Waals surface area contributed by atoms with Gasteiger partial charge in [0.1, 0.15) is 0 Å². The summed E-state index contributed by atoms with van der Waals surface area (Å²) in [6, 6.07) is 27.9. The van der Waals surface area contributed by atoms with Crippen molar-refractivity contribution in [3.8, 4) is 0 Å². The summed E-state index contributed by atoms with van der Waals surface area (Å²) >= 11 is 0. The molecule has 0 aliphatic rings. The van der Waals surface area contributed by atoms with Crippen molar-refractivity contribution in [1.29, 1.82) is 0 Å². The maximum atomic E-state index is 12.1. The van der Waals surface area contributed by atoms with Gasteiger partial charge in [-0.2, -0.15) is 0 Å². The molecule has 124 valence electrons. The molecular formula is C23H20O2. The Morgan fingerprint density at radius 3 is 2.08 bits per heavy atom. The van der Waals surface area contributed by atoms with Crippen molar-refractivity contribution in [1.82, 2.24) is 0 Å². The smallest absolute Gasteiger partial charge is 0.338 e. The Labute approximate surface area is 148 Å². The number of rotatable bonds is 5. The zero-order chi connectivity index (χ0) is 17.5. The Balaban J connectivity index is 2.08. The van der Waals surface area contributed by atoms with Crippen LogP contribution in [0.15, 0.2) is 84.9 Å². The molecule has 0 aliphatic heterocycles. The van der Waals surface area contributed by atoms with Crippen molar-refractivity contribution in [3.63, 3.8) is 0 Å². The summed E-state index contributed by atoms with van der Waals surface area (Å²) in [5.41, 5.74) is 4.84. The molecule has 0 bridgehead atoms. The molecule has 2 heteroatoms. The van der Waals surface area contributed by atoms with E-state index in [-0.39, 0.29) is 5.97 Å². The molecule has 25 heavy (non-hydrogen) atoms. The number of benzene rings is 3. The lowest BCUT2D eigenvalue weighted by atomic mass is 9.94. The number of esters is 1. The van der Waals surface area contributed by atoms with E-state index in [1.165, 1.54) is 0 Å². The summed E-state index contributed by atoms with van der Waals surface area (Å²) in [7, 11) is 0. The van der Waals surface area contributed by atoms with Gasteiger partial charge in [-0.05, 0) is 47.4 Å². The zero-order valence-electron chi connectivity index (χ0n) is 14.2. The predicted molar refractivity (Wildman–Crippen MR) is 102 cm³/mol. The van der Waals surface area contributed by atoms with Crippen LogP contribution in [-0.2, 0) is 4.74 Å². The standard InChI is InChI=1S/C23H20O2/c1-2-25-23(24)21-15-9-14-20(17-21)22(19-12-7-4-8-13-19)16-18-10-5-3-6-11-18/h3-17H,2H2,1H3/b22-16+. The van der Waals surface area contributed by atoms with Crippen LogP contribution < -0.4 is 0 Å². The van der Waals surface area contributed by atoms with Gasteiger partial charge in [0.05, 0.1) is 12.2 Å². The minimum Gasteiger partial charge on any atom is -0.462 e. The van der Waals surface area contributed by atoms with Gasteiger partial charge in [-0.3, -0.25) is 0 Å². The largest absolute Gasteiger partial charge is 0.462 e. The second kappa shape index (κ2) is 8.11. The zero-order valence-corrected chi connectivity index (χ0v) is 14.2. The van der Waals surface area contributed by atoms with E-state index >= 15 is 0 Å². The third-order valence-corrected chi connectivity index (χ3v) is 3.88. The van der Waals surface area contributed by atoms with E-state index in [4.69, 9.17) is 4.74 Å². The summed E-state index contributed by atoms with van der Waals surface area (Å²) in [5, 5.41) is 0. The summed E-state index contributed by atoms with van der Waals surface area (Å²) in [6.07, 6.45) is 2.14. The maximum absolute atomic E-state index is 12.1. The van der Waals surface area contributed by atoms with E-state index in [1.807, 2.05) is 61.5 Å². The fourth-order valence-corrected chi connectivity index (χ4v) is 2.70. The normalized spacial score (nSPS) is 11.2. The molecule has 0 radical (unpaired) electrons. The highest BCUT2D eigenvalue weighted by Gasteiger charge is 2.10. The van der Waals surface area contributed by atoms with Gasteiger partial charge in [0.2, 0.25) is 0 Å². The van der Waals surface area contributed by atoms with Crippen LogP contribution in [0.25, 0.3) is 11.6 Å². The molecule has 0 N–H and O–H groups in total. The fraction of sp³-hybridized carbons (Fsp3) is 0.0870. The first-order valence-electron chi connectivity index (χ1n) is 8.37. The Bertz CT molecular complexity index is 865. The van der Waals surface area contributed by atoms with Crippen LogP contribution in [0.5, 0.6) is 0 Å². The first kappa shape index (κ1) is 16.7. The van der Waals surface area contributed by atoms with Gasteiger partial charge in [-0.25, -0.2) is 4.79 Å². The topological polar surface area (TPSA) is 26.3 Å². The van der Waals surface area contributed by atoms with Crippen molar-refractivity contribution in [2.45, 2.75) is 6.92 Å². The molecule has 0 aromatic heterocycles. The highest BCUT2D eigenvalue weighted by Crippen LogP contribution is 2.27. The fourth-order valence-electron chi connectivity index (χ4n) is 2.70. The highest BCUT2D eigenvalue weighted by molar-refractivity contribution is 5.95. The Morgan fingerprint density at radius 2 is 1.40 bits per heavy atom. The number of hydrogen-bond acceptors (Lipinski definition) is 2. The molecule has 0 heterocycles. The average molecular weight is 328 g/mol. The van der Waals surface area contributed by atoms with Crippen LogP contribution in [0.3, 0.4) is 0 Å². The summed E-state index contributed by atoms with van der Waals surface area (Å²) < 4.78 is 5.13. The molecule has 0 unspecified atom stereocenters. The average Bonchev–Trinajstić information content (AvgIpc) is 2.68. The van der Waals surface area contributed by atoms with Gasteiger partial charge in [0.25, 0.3) is 0 Å². The van der Waals surface area contributed by atoms with Gasteiger partial charge in [-0.15, -0.1) is 0 Å². The molecule has 0 saturated heterocycles. The van der Waals surface area contributed by atoms with Crippen LogP contribution in [0.2, 0.25) is 0 Å². The molecule has 2 nitrogen and oxygen atoms in total. The van der Waals surface area contributed by atoms with Crippen LogP contribution >= 0.6 is 0 Å². The number of hydrogen-bond donors (Lipinski definition) is 0. The Hall–Kier alpha value is -3.13. The monoisotopic (exact) mass is 328 g/mol. The van der Waals surface area contributed by atoms with Crippen molar-refractivity contribution in [2.24, 2.45) is 0 Å². The number of carbonyl (C=O) groups excluding carboxylic acids is 1. The summed E-state index contributed by atoms with van der Waals surface area (Å²) in [6.45, 7) is 2.18. The SMILES string of the molecule is CCOC(=O)c1cccc(/C(=C/c2ccccc2)c2ccccc2)c1. The first-order chi connectivity index (χ1) is 12.3. The van der Waals surface area contributed by atoms with Crippen molar-refractivity contribution < 1.29 is 9.53 Å². The van der Waals surface area contributed by atoms with Crippen molar-refractivity contribution >= 4 is 17.6 Å². The molecular weight excluding hydrogens is 308 g/mol. The quantitative estimate of drug-likeness (QED) is 0.460. The molecule has 0 aliphatic carbocycles. The van der Waals surface area contributed by atoms with Crippen LogP contribution in [-0.4, -0.2) is 12.6 Å². The Kier molecular flexibility index (Phi) is 5.43. The minimum atomic E-state index is -0.295. The van der Waals surface area contributed by atoms with E-state index in [1.54, 1.807) is 6.07 Å². The second-order valence-corrected chi connectivity index (χ2v) is 5.64. The molecule has 0 fully saturated rings. The van der Waals surface area contributed by atoms with Crippen LogP contribution in [0.4, 0.5) is 0 Å². The molecule has 3 aromatic carbocycles.